The van der Waals surface area contributed by atoms with Gasteiger partial charge in [0.25, 0.3) is 0 Å². The molecular formula is C24H27NO2. The van der Waals surface area contributed by atoms with Gasteiger partial charge in [-0.15, -0.1) is 0 Å². The van der Waals surface area contributed by atoms with Crippen molar-refractivity contribution in [1.29, 1.82) is 0 Å². The molecule has 3 aromatic carbocycles. The first-order chi connectivity index (χ1) is 13.4. The van der Waals surface area contributed by atoms with Crippen molar-refractivity contribution >= 4 is 0 Å². The maximum Gasteiger partial charge on any atom is 0.165 e. The highest BCUT2D eigenvalue weighted by atomic mass is 16.5. The van der Waals surface area contributed by atoms with E-state index in [0.29, 0.717) is 6.61 Å². The van der Waals surface area contributed by atoms with Gasteiger partial charge in [0, 0.05) is 18.5 Å². The Kier molecular flexibility index (Phi) is 7.31. The van der Waals surface area contributed by atoms with E-state index < -0.39 is 0 Å². The quantitative estimate of drug-likeness (QED) is 0.533. The molecule has 3 rings (SSSR count). The third-order valence-corrected chi connectivity index (χ3v) is 4.51. The van der Waals surface area contributed by atoms with Gasteiger partial charge in [-0.2, -0.15) is 0 Å². The van der Waals surface area contributed by atoms with Gasteiger partial charge in [-0.05, 0) is 30.2 Å². The van der Waals surface area contributed by atoms with Gasteiger partial charge >= 0.3 is 0 Å². The van der Waals surface area contributed by atoms with Crippen molar-refractivity contribution in [3.8, 4) is 11.5 Å². The molecule has 0 fully saturated rings. The van der Waals surface area contributed by atoms with Crippen LogP contribution in [0.15, 0.2) is 78.9 Å². The first-order valence-corrected chi connectivity index (χ1v) is 9.44. The molecule has 0 aromatic heterocycles. The van der Waals surface area contributed by atoms with E-state index in [4.69, 9.17) is 9.47 Å². The maximum absolute atomic E-state index is 6.11. The second-order valence-electron chi connectivity index (χ2n) is 6.44. The number of hydrogen-bond donors (Lipinski definition) is 1. The zero-order valence-electron chi connectivity index (χ0n) is 15.9. The number of hydrogen-bond acceptors (Lipinski definition) is 3. The lowest BCUT2D eigenvalue weighted by molar-refractivity contribution is 0.294. The summed E-state index contributed by atoms with van der Waals surface area (Å²) in [5.41, 5.74) is 3.74. The molecule has 27 heavy (non-hydrogen) atoms. The third kappa shape index (κ3) is 5.87. The van der Waals surface area contributed by atoms with E-state index >= 15 is 0 Å². The van der Waals surface area contributed by atoms with Gasteiger partial charge in [0.05, 0.1) is 13.7 Å². The molecule has 0 saturated carbocycles. The molecule has 0 aliphatic heterocycles. The van der Waals surface area contributed by atoms with Crippen LogP contribution in [0.5, 0.6) is 11.5 Å². The molecule has 0 heterocycles. The molecule has 0 aliphatic rings. The van der Waals surface area contributed by atoms with E-state index in [9.17, 15) is 0 Å². The van der Waals surface area contributed by atoms with Gasteiger partial charge in [-0.3, -0.25) is 0 Å². The molecule has 0 saturated heterocycles. The lowest BCUT2D eigenvalue weighted by atomic mass is 10.1. The monoisotopic (exact) mass is 361 g/mol. The van der Waals surface area contributed by atoms with Crippen LogP contribution in [-0.4, -0.2) is 20.3 Å². The molecule has 3 heteroatoms. The summed E-state index contributed by atoms with van der Waals surface area (Å²) in [5, 5.41) is 3.51. The topological polar surface area (TPSA) is 30.5 Å². The summed E-state index contributed by atoms with van der Waals surface area (Å²) in [4.78, 5) is 0. The highest BCUT2D eigenvalue weighted by Crippen LogP contribution is 2.31. The minimum absolute atomic E-state index is 0.626. The number of rotatable bonds is 10. The molecule has 0 atom stereocenters. The number of methoxy groups -OCH3 is 1. The van der Waals surface area contributed by atoms with Gasteiger partial charge in [0.1, 0.15) is 0 Å². The highest BCUT2D eigenvalue weighted by Gasteiger charge is 2.10. The molecule has 1 N–H and O–H groups in total. The lowest BCUT2D eigenvalue weighted by Crippen LogP contribution is -2.17. The Labute approximate surface area is 162 Å². The van der Waals surface area contributed by atoms with Crippen LogP contribution in [0.4, 0.5) is 0 Å². The second kappa shape index (κ2) is 10.4. The number of nitrogens with one attached hydrogen (secondary N) is 1. The molecule has 0 unspecified atom stereocenters. The fraction of sp³-hybridized carbons (Fsp3) is 0.250. The molecule has 0 bridgehead atoms. The number of benzene rings is 3. The summed E-state index contributed by atoms with van der Waals surface area (Å²) in [7, 11) is 1.69. The molecule has 0 radical (unpaired) electrons. The number of para-hydroxylation sites is 1. The Bertz CT molecular complexity index is 803. The van der Waals surface area contributed by atoms with Gasteiger partial charge in [-0.25, -0.2) is 0 Å². The van der Waals surface area contributed by atoms with Crippen molar-refractivity contribution in [1.82, 2.24) is 5.32 Å². The molecule has 3 aromatic rings. The van der Waals surface area contributed by atoms with E-state index in [1.807, 2.05) is 24.3 Å². The Hall–Kier alpha value is -2.78. The summed E-state index contributed by atoms with van der Waals surface area (Å²) >= 11 is 0. The van der Waals surface area contributed by atoms with E-state index in [1.165, 1.54) is 11.1 Å². The van der Waals surface area contributed by atoms with Gasteiger partial charge in [-0.1, -0.05) is 72.8 Å². The average Bonchev–Trinajstić information content (AvgIpc) is 2.73. The van der Waals surface area contributed by atoms with Crippen LogP contribution >= 0.6 is 0 Å². The van der Waals surface area contributed by atoms with Crippen LogP contribution in [0.25, 0.3) is 0 Å². The van der Waals surface area contributed by atoms with Crippen molar-refractivity contribution in [2.45, 2.75) is 19.4 Å². The van der Waals surface area contributed by atoms with Gasteiger partial charge in [0.15, 0.2) is 11.5 Å². The molecule has 0 amide bonds. The Balaban J connectivity index is 1.55. The zero-order valence-corrected chi connectivity index (χ0v) is 15.9. The van der Waals surface area contributed by atoms with Crippen molar-refractivity contribution in [3.63, 3.8) is 0 Å². The standard InChI is InChI=1S/C24H27NO2/c1-26-23-14-8-13-22(19-25-17-15-20-9-4-2-5-10-20)24(23)27-18-16-21-11-6-3-7-12-21/h2-14,25H,15-19H2,1H3. The Morgan fingerprint density at radius 3 is 2.07 bits per heavy atom. The van der Waals surface area contributed by atoms with Crippen LogP contribution in [-0.2, 0) is 19.4 Å². The lowest BCUT2D eigenvalue weighted by Gasteiger charge is -2.16. The molecule has 3 nitrogen and oxygen atoms in total. The van der Waals surface area contributed by atoms with Gasteiger partial charge < -0.3 is 14.8 Å². The van der Waals surface area contributed by atoms with Crippen molar-refractivity contribution in [3.05, 3.63) is 95.6 Å². The Morgan fingerprint density at radius 2 is 1.41 bits per heavy atom. The normalized spacial score (nSPS) is 10.6. The Morgan fingerprint density at radius 1 is 0.741 bits per heavy atom. The zero-order chi connectivity index (χ0) is 18.7. The van der Waals surface area contributed by atoms with Crippen LogP contribution in [0.3, 0.4) is 0 Å². The molecular weight excluding hydrogens is 334 g/mol. The molecule has 0 aliphatic carbocycles. The smallest absolute Gasteiger partial charge is 0.165 e. The maximum atomic E-state index is 6.11. The number of ether oxygens (including phenoxy) is 2. The summed E-state index contributed by atoms with van der Waals surface area (Å²) in [5.74, 6) is 1.62. The fourth-order valence-corrected chi connectivity index (χ4v) is 3.04. The van der Waals surface area contributed by atoms with Crippen molar-refractivity contribution in [2.75, 3.05) is 20.3 Å². The van der Waals surface area contributed by atoms with Gasteiger partial charge in [0.2, 0.25) is 0 Å². The van der Waals surface area contributed by atoms with E-state index in [-0.39, 0.29) is 0 Å². The third-order valence-electron chi connectivity index (χ3n) is 4.51. The largest absolute Gasteiger partial charge is 0.493 e. The predicted molar refractivity (Wildman–Crippen MR) is 110 cm³/mol. The highest BCUT2D eigenvalue weighted by molar-refractivity contribution is 5.46. The predicted octanol–water partition coefficient (Wildman–Crippen LogP) is 4.65. The van der Waals surface area contributed by atoms with Crippen LogP contribution < -0.4 is 14.8 Å². The second-order valence-corrected chi connectivity index (χ2v) is 6.44. The molecule has 140 valence electrons. The van der Waals surface area contributed by atoms with Crippen LogP contribution in [0.1, 0.15) is 16.7 Å². The summed E-state index contributed by atoms with van der Waals surface area (Å²) in [6, 6.07) is 27.0. The average molecular weight is 361 g/mol. The minimum atomic E-state index is 0.626. The summed E-state index contributed by atoms with van der Waals surface area (Å²) in [6.07, 6.45) is 1.88. The minimum Gasteiger partial charge on any atom is -0.493 e. The van der Waals surface area contributed by atoms with Crippen LogP contribution in [0, 0.1) is 0 Å². The first-order valence-electron chi connectivity index (χ1n) is 9.44. The van der Waals surface area contributed by atoms with E-state index in [1.54, 1.807) is 7.11 Å². The fourth-order valence-electron chi connectivity index (χ4n) is 3.04. The SMILES string of the molecule is COc1cccc(CNCCc2ccccc2)c1OCCc1ccccc1. The van der Waals surface area contributed by atoms with Crippen molar-refractivity contribution in [2.24, 2.45) is 0 Å². The van der Waals surface area contributed by atoms with Crippen LogP contribution in [0.2, 0.25) is 0 Å². The van der Waals surface area contributed by atoms with E-state index in [0.717, 1.165) is 43.0 Å². The summed E-state index contributed by atoms with van der Waals surface area (Å²) < 4.78 is 11.6. The molecule has 0 spiro atoms. The van der Waals surface area contributed by atoms with E-state index in [2.05, 4.69) is 59.9 Å². The summed E-state index contributed by atoms with van der Waals surface area (Å²) in [6.45, 7) is 2.30. The first kappa shape index (κ1) is 19.0. The van der Waals surface area contributed by atoms with Crippen molar-refractivity contribution < 1.29 is 9.47 Å².